The largest absolute Gasteiger partial charge is 1.00 e. The summed E-state index contributed by atoms with van der Waals surface area (Å²) >= 11 is 0. The van der Waals surface area contributed by atoms with E-state index in [1.54, 1.807) is 0 Å². The molecule has 1 aromatic rings. The molecule has 0 aliphatic rings. The van der Waals surface area contributed by atoms with Gasteiger partial charge in [0.15, 0.2) is 0 Å². The molecular formula is C8H7Au. The fraction of sp³-hybridized carbons (Fsp3) is 0. The molecule has 0 unspecified atom stereocenters. The Balaban J connectivity index is 0.000000640. The van der Waals surface area contributed by atoms with Crippen LogP contribution in [0.5, 0.6) is 0 Å². The van der Waals surface area contributed by atoms with Gasteiger partial charge in [-0.05, 0) is 0 Å². The third-order valence-electron chi connectivity index (χ3n) is 0.980. The van der Waals surface area contributed by atoms with Crippen molar-refractivity contribution in [1.82, 2.24) is 0 Å². The molecule has 0 aliphatic carbocycles. The van der Waals surface area contributed by atoms with Gasteiger partial charge in [0, 0.05) is 0 Å². The standard InChI is InChI=1S/C8H7.Au/c1-2-8-6-4-3-5-7-8;/h2,4-7H,1H2;/q-1;+1. The first-order valence-electron chi connectivity index (χ1n) is 2.52. The molecule has 0 atom stereocenters. The summed E-state index contributed by atoms with van der Waals surface area (Å²) < 4.78 is 0. The second kappa shape index (κ2) is 4.57. The molecule has 0 radical (unpaired) electrons. The Morgan fingerprint density at radius 2 is 1.89 bits per heavy atom. The zero-order valence-corrected chi connectivity index (χ0v) is 7.06. The van der Waals surface area contributed by atoms with Crippen molar-refractivity contribution < 1.29 is 22.4 Å². The van der Waals surface area contributed by atoms with Gasteiger partial charge in [0.1, 0.15) is 0 Å². The normalized spacial score (nSPS) is 7.56. The maximum Gasteiger partial charge on any atom is 1.00 e. The zero-order chi connectivity index (χ0) is 5.82. The van der Waals surface area contributed by atoms with E-state index in [0.29, 0.717) is 0 Å². The summed E-state index contributed by atoms with van der Waals surface area (Å²) in [6, 6.07) is 10.6. The molecule has 1 aromatic carbocycles. The van der Waals surface area contributed by atoms with E-state index in [4.69, 9.17) is 0 Å². The Hall–Kier alpha value is -0.300. The van der Waals surface area contributed by atoms with E-state index < -0.39 is 0 Å². The van der Waals surface area contributed by atoms with Gasteiger partial charge in [0.2, 0.25) is 0 Å². The molecule has 0 N–H and O–H groups in total. The molecule has 50 valence electrons. The van der Waals surface area contributed by atoms with Crippen molar-refractivity contribution in [1.29, 1.82) is 0 Å². The first-order chi connectivity index (χ1) is 3.93. The monoisotopic (exact) mass is 300 g/mol. The summed E-state index contributed by atoms with van der Waals surface area (Å²) in [4.78, 5) is 0. The van der Waals surface area contributed by atoms with E-state index in [-0.39, 0.29) is 22.4 Å². The topological polar surface area (TPSA) is 0 Å². The van der Waals surface area contributed by atoms with Crippen LogP contribution in [0.25, 0.3) is 6.08 Å². The van der Waals surface area contributed by atoms with Crippen LogP contribution in [-0.4, -0.2) is 0 Å². The number of benzene rings is 1. The van der Waals surface area contributed by atoms with Crippen LogP contribution in [-0.2, 0) is 22.4 Å². The third-order valence-corrected chi connectivity index (χ3v) is 0.980. The average Bonchev–Trinajstić information content (AvgIpc) is 1.90. The minimum atomic E-state index is 0. The molecule has 1 rings (SSSR count). The van der Waals surface area contributed by atoms with Gasteiger partial charge in [-0.3, -0.25) is 0 Å². The van der Waals surface area contributed by atoms with Crippen molar-refractivity contribution in [3.05, 3.63) is 42.5 Å². The first-order valence-corrected chi connectivity index (χ1v) is 2.52. The molecule has 9 heavy (non-hydrogen) atoms. The van der Waals surface area contributed by atoms with E-state index in [1.807, 2.05) is 30.3 Å². The predicted octanol–water partition coefficient (Wildman–Crippen LogP) is 2.13. The molecule has 0 heterocycles. The maximum absolute atomic E-state index is 3.62. The molecule has 0 spiro atoms. The van der Waals surface area contributed by atoms with Crippen LogP contribution in [0.4, 0.5) is 0 Å². The minimum absolute atomic E-state index is 0. The maximum atomic E-state index is 3.62. The summed E-state index contributed by atoms with van der Waals surface area (Å²) in [5, 5.41) is 0. The molecule has 0 amide bonds. The minimum Gasteiger partial charge on any atom is -0.184 e. The summed E-state index contributed by atoms with van der Waals surface area (Å²) in [6.07, 6.45) is 1.81. The van der Waals surface area contributed by atoms with Crippen LogP contribution < -0.4 is 0 Å². The van der Waals surface area contributed by atoms with Crippen LogP contribution in [0.15, 0.2) is 30.8 Å². The Kier molecular flexibility index (Phi) is 4.41. The first kappa shape index (κ1) is 8.70. The zero-order valence-electron chi connectivity index (χ0n) is 4.90. The van der Waals surface area contributed by atoms with E-state index in [2.05, 4.69) is 12.6 Å². The van der Waals surface area contributed by atoms with Gasteiger partial charge < -0.3 is 0 Å². The second-order valence-corrected chi connectivity index (χ2v) is 1.54. The van der Waals surface area contributed by atoms with Crippen LogP contribution in [0.2, 0.25) is 0 Å². The van der Waals surface area contributed by atoms with Gasteiger partial charge in [0.25, 0.3) is 0 Å². The van der Waals surface area contributed by atoms with E-state index >= 15 is 0 Å². The number of hydrogen-bond donors (Lipinski definition) is 0. The SMILES string of the molecule is C=Cc1cc[c-]cc1.[Au+]. The molecule has 0 aliphatic heterocycles. The molecule has 0 fully saturated rings. The van der Waals surface area contributed by atoms with Crippen molar-refractivity contribution in [3.8, 4) is 0 Å². The van der Waals surface area contributed by atoms with Gasteiger partial charge in [0.05, 0.1) is 0 Å². The Bertz CT molecular complexity index is 167. The molecule has 0 saturated carbocycles. The van der Waals surface area contributed by atoms with Gasteiger partial charge in [-0.2, -0.15) is 30.3 Å². The summed E-state index contributed by atoms with van der Waals surface area (Å²) in [7, 11) is 0. The average molecular weight is 300 g/mol. The second-order valence-electron chi connectivity index (χ2n) is 1.54. The van der Waals surface area contributed by atoms with Gasteiger partial charge in [-0.25, -0.2) is 0 Å². The fourth-order valence-electron chi connectivity index (χ4n) is 0.536. The number of hydrogen-bond acceptors (Lipinski definition) is 0. The molecule has 1 heteroatoms. The Labute approximate surface area is 71.1 Å². The van der Waals surface area contributed by atoms with Crippen LogP contribution >= 0.6 is 0 Å². The summed E-state index contributed by atoms with van der Waals surface area (Å²) in [5.41, 5.74) is 1.14. The molecular weight excluding hydrogens is 293 g/mol. The van der Waals surface area contributed by atoms with Gasteiger partial charge in [-0.15, -0.1) is 12.1 Å². The molecule has 0 nitrogen and oxygen atoms in total. The molecule has 0 aromatic heterocycles. The van der Waals surface area contributed by atoms with Crippen molar-refractivity contribution in [2.45, 2.75) is 0 Å². The van der Waals surface area contributed by atoms with Crippen LogP contribution in [0.3, 0.4) is 0 Å². The Morgan fingerprint density at radius 1 is 1.33 bits per heavy atom. The van der Waals surface area contributed by atoms with Crippen LogP contribution in [0.1, 0.15) is 5.56 Å². The Morgan fingerprint density at radius 3 is 2.22 bits per heavy atom. The van der Waals surface area contributed by atoms with Gasteiger partial charge in [-0.1, -0.05) is 6.08 Å². The van der Waals surface area contributed by atoms with Crippen molar-refractivity contribution in [2.24, 2.45) is 0 Å². The quantitative estimate of drug-likeness (QED) is 0.550. The fourth-order valence-corrected chi connectivity index (χ4v) is 0.536. The molecule has 0 saturated heterocycles. The molecule has 0 bridgehead atoms. The predicted molar refractivity (Wildman–Crippen MR) is 35.4 cm³/mol. The van der Waals surface area contributed by atoms with E-state index in [1.165, 1.54) is 0 Å². The van der Waals surface area contributed by atoms with Crippen molar-refractivity contribution in [2.75, 3.05) is 0 Å². The smallest absolute Gasteiger partial charge is 0.184 e. The van der Waals surface area contributed by atoms with Crippen molar-refractivity contribution in [3.63, 3.8) is 0 Å². The summed E-state index contributed by atoms with van der Waals surface area (Å²) in [5.74, 6) is 0. The van der Waals surface area contributed by atoms with E-state index in [0.717, 1.165) is 5.56 Å². The van der Waals surface area contributed by atoms with E-state index in [9.17, 15) is 0 Å². The number of rotatable bonds is 1. The summed E-state index contributed by atoms with van der Waals surface area (Å²) in [6.45, 7) is 3.62. The van der Waals surface area contributed by atoms with Crippen molar-refractivity contribution >= 4 is 6.08 Å². The van der Waals surface area contributed by atoms with Crippen LogP contribution in [0, 0.1) is 6.07 Å². The third kappa shape index (κ3) is 2.66. The van der Waals surface area contributed by atoms with Gasteiger partial charge >= 0.3 is 22.4 Å².